The highest BCUT2D eigenvalue weighted by Gasteiger charge is 2.52. The van der Waals surface area contributed by atoms with E-state index in [0.717, 1.165) is 29.4 Å². The third kappa shape index (κ3) is 4.90. The number of hydrogen-bond donors (Lipinski definition) is 0. The Kier molecular flexibility index (Phi) is 6.95. The number of aromatic nitrogens is 1. The van der Waals surface area contributed by atoms with Gasteiger partial charge in [0, 0.05) is 24.0 Å². The Morgan fingerprint density at radius 3 is 2.63 bits per heavy atom. The smallest absolute Gasteiger partial charge is 0.488 e. The molecule has 194 valence electrons. The van der Waals surface area contributed by atoms with Crippen molar-refractivity contribution in [3.05, 3.63) is 81.6 Å². The van der Waals surface area contributed by atoms with Gasteiger partial charge < -0.3 is 18.8 Å². The summed E-state index contributed by atoms with van der Waals surface area (Å²) in [7, 11) is -0.446. The lowest BCUT2D eigenvalue weighted by Crippen LogP contribution is -2.41. The molecule has 7 nitrogen and oxygen atoms in total. The van der Waals surface area contributed by atoms with Crippen LogP contribution in [-0.4, -0.2) is 29.6 Å². The first kappa shape index (κ1) is 26.2. The SMILES string of the molecule is CC1(C)OB(c2cccc3c2CC[C@@H]3Oc2cc(OCc3cncc(C#N)c3)c(C=O)cc2Cl)OC1(C)C. The second-order valence-electron chi connectivity index (χ2n) is 10.6. The summed E-state index contributed by atoms with van der Waals surface area (Å²) in [4.78, 5) is 15.8. The summed E-state index contributed by atoms with van der Waals surface area (Å²) in [6, 6.07) is 13.0. The van der Waals surface area contributed by atoms with Gasteiger partial charge in [0.2, 0.25) is 0 Å². The molecule has 5 rings (SSSR count). The number of benzene rings is 2. The molecule has 1 aliphatic carbocycles. The van der Waals surface area contributed by atoms with Crippen molar-refractivity contribution in [2.45, 2.75) is 64.4 Å². The van der Waals surface area contributed by atoms with Crippen LogP contribution in [0.2, 0.25) is 5.02 Å². The number of ether oxygens (including phenoxy) is 2. The largest absolute Gasteiger partial charge is 0.495 e. The van der Waals surface area contributed by atoms with Crippen molar-refractivity contribution >= 4 is 30.5 Å². The molecule has 38 heavy (non-hydrogen) atoms. The summed E-state index contributed by atoms with van der Waals surface area (Å²) in [5.74, 6) is 0.765. The van der Waals surface area contributed by atoms with Crippen LogP contribution >= 0.6 is 11.6 Å². The maximum atomic E-state index is 11.7. The third-order valence-electron chi connectivity index (χ3n) is 7.54. The van der Waals surface area contributed by atoms with Crippen LogP contribution in [-0.2, 0) is 22.3 Å². The standard InChI is InChI=1S/C29H28BClN2O5/c1-28(2)29(3,4)38-30(37-28)23-7-5-6-22-21(23)8-9-25(22)36-27-12-26(20(16-34)11-24(27)31)35-17-19-10-18(13-32)14-33-15-19/h5-7,10-12,14-16,25H,8-9,17H2,1-4H3/t25-/m0/s1. The predicted octanol–water partition coefficient (Wildman–Crippen LogP) is 5.36. The third-order valence-corrected chi connectivity index (χ3v) is 7.83. The number of nitriles is 1. The predicted molar refractivity (Wildman–Crippen MR) is 144 cm³/mol. The Balaban J connectivity index is 1.38. The number of halogens is 1. The average molecular weight is 531 g/mol. The Morgan fingerprint density at radius 2 is 1.92 bits per heavy atom. The van der Waals surface area contributed by atoms with Crippen LogP contribution < -0.4 is 14.9 Å². The minimum atomic E-state index is -0.446. The topological polar surface area (TPSA) is 90.7 Å². The number of aldehydes is 1. The summed E-state index contributed by atoms with van der Waals surface area (Å²) >= 11 is 6.51. The zero-order valence-corrected chi connectivity index (χ0v) is 22.5. The molecule has 2 aromatic carbocycles. The van der Waals surface area contributed by atoms with E-state index in [1.807, 2.05) is 33.8 Å². The average Bonchev–Trinajstić information content (AvgIpc) is 3.40. The molecule has 0 spiro atoms. The molecule has 2 heterocycles. The van der Waals surface area contributed by atoms with Crippen molar-refractivity contribution in [2.24, 2.45) is 0 Å². The van der Waals surface area contributed by atoms with E-state index in [1.54, 1.807) is 24.4 Å². The van der Waals surface area contributed by atoms with E-state index in [2.05, 4.69) is 23.2 Å². The van der Waals surface area contributed by atoms with E-state index in [9.17, 15) is 4.79 Å². The van der Waals surface area contributed by atoms with Gasteiger partial charge in [-0.05, 0) is 69.3 Å². The molecule has 2 aliphatic rings. The van der Waals surface area contributed by atoms with Crippen LogP contribution in [0.25, 0.3) is 0 Å². The molecule has 1 atom stereocenters. The normalized spacial score (nSPS) is 19.1. The fraction of sp³-hybridized carbons (Fsp3) is 0.345. The Hall–Kier alpha value is -3.38. The monoisotopic (exact) mass is 530 g/mol. The Morgan fingerprint density at radius 1 is 1.16 bits per heavy atom. The second kappa shape index (κ2) is 10.1. The van der Waals surface area contributed by atoms with Crippen LogP contribution in [0.1, 0.15) is 72.8 Å². The number of hydrogen-bond acceptors (Lipinski definition) is 7. The molecule has 1 aromatic heterocycles. The van der Waals surface area contributed by atoms with Gasteiger partial charge in [0.1, 0.15) is 30.3 Å². The van der Waals surface area contributed by atoms with Crippen molar-refractivity contribution in [2.75, 3.05) is 0 Å². The van der Waals surface area contributed by atoms with Gasteiger partial charge in [-0.15, -0.1) is 0 Å². The summed E-state index contributed by atoms with van der Waals surface area (Å²) < 4.78 is 24.9. The molecule has 3 aromatic rings. The molecule has 0 amide bonds. The Labute approximate surface area is 227 Å². The maximum Gasteiger partial charge on any atom is 0.495 e. The zero-order chi connectivity index (χ0) is 27.1. The number of carbonyl (C=O) groups excluding carboxylic acids is 1. The quantitative estimate of drug-likeness (QED) is 0.300. The van der Waals surface area contributed by atoms with E-state index in [-0.39, 0.29) is 12.7 Å². The highest BCUT2D eigenvalue weighted by Crippen LogP contribution is 2.41. The fourth-order valence-corrected chi connectivity index (χ4v) is 4.97. The van der Waals surface area contributed by atoms with E-state index in [0.29, 0.717) is 39.5 Å². The van der Waals surface area contributed by atoms with Gasteiger partial charge in [-0.2, -0.15) is 5.26 Å². The lowest BCUT2D eigenvalue weighted by atomic mass is 9.75. The van der Waals surface area contributed by atoms with Crippen LogP contribution in [0.4, 0.5) is 0 Å². The van der Waals surface area contributed by atoms with Gasteiger partial charge >= 0.3 is 7.12 Å². The number of rotatable bonds is 7. The first-order valence-corrected chi connectivity index (χ1v) is 12.9. The summed E-state index contributed by atoms with van der Waals surface area (Å²) in [5.41, 5.74) is 3.84. The molecule has 0 unspecified atom stereocenters. The molecule has 0 bridgehead atoms. The molecule has 0 N–H and O–H groups in total. The maximum absolute atomic E-state index is 11.7. The Bertz CT molecular complexity index is 1420. The van der Waals surface area contributed by atoms with Crippen molar-refractivity contribution < 1.29 is 23.6 Å². The highest BCUT2D eigenvalue weighted by molar-refractivity contribution is 6.62. The van der Waals surface area contributed by atoms with E-state index in [1.165, 1.54) is 6.20 Å². The van der Waals surface area contributed by atoms with Gasteiger partial charge in [0.05, 0.1) is 27.4 Å². The van der Waals surface area contributed by atoms with Crippen molar-refractivity contribution in [3.8, 4) is 17.6 Å². The van der Waals surface area contributed by atoms with E-state index in [4.69, 9.17) is 35.6 Å². The van der Waals surface area contributed by atoms with Gasteiger partial charge in [0.25, 0.3) is 0 Å². The van der Waals surface area contributed by atoms with Gasteiger partial charge in [-0.3, -0.25) is 9.78 Å². The molecular weight excluding hydrogens is 503 g/mol. The van der Waals surface area contributed by atoms with Gasteiger partial charge in [-0.1, -0.05) is 29.8 Å². The van der Waals surface area contributed by atoms with Crippen LogP contribution in [0.5, 0.6) is 11.5 Å². The van der Waals surface area contributed by atoms with Crippen LogP contribution in [0.3, 0.4) is 0 Å². The number of pyridine rings is 1. The van der Waals surface area contributed by atoms with E-state index < -0.39 is 18.3 Å². The number of carbonyl (C=O) groups is 1. The first-order valence-electron chi connectivity index (χ1n) is 12.5. The molecule has 9 heteroatoms. The number of fused-ring (bicyclic) bond motifs is 1. The second-order valence-corrected chi connectivity index (χ2v) is 11.0. The van der Waals surface area contributed by atoms with E-state index >= 15 is 0 Å². The lowest BCUT2D eigenvalue weighted by molar-refractivity contribution is 0.00578. The van der Waals surface area contributed by atoms with Crippen LogP contribution in [0, 0.1) is 11.3 Å². The molecule has 0 radical (unpaired) electrons. The van der Waals surface area contributed by atoms with Crippen molar-refractivity contribution in [3.63, 3.8) is 0 Å². The van der Waals surface area contributed by atoms with Crippen molar-refractivity contribution in [1.82, 2.24) is 4.98 Å². The molecule has 1 fully saturated rings. The zero-order valence-electron chi connectivity index (χ0n) is 21.8. The summed E-state index contributed by atoms with van der Waals surface area (Å²) in [6.45, 7) is 8.31. The van der Waals surface area contributed by atoms with Gasteiger partial charge in [-0.25, -0.2) is 0 Å². The number of nitrogens with zero attached hydrogens (tertiary/aromatic N) is 2. The summed E-state index contributed by atoms with van der Waals surface area (Å²) in [5, 5.41) is 9.43. The molecule has 1 saturated heterocycles. The van der Waals surface area contributed by atoms with Crippen LogP contribution in [0.15, 0.2) is 48.8 Å². The van der Waals surface area contributed by atoms with Crippen molar-refractivity contribution in [1.29, 1.82) is 5.26 Å². The fourth-order valence-electron chi connectivity index (χ4n) is 4.76. The molecule has 1 aliphatic heterocycles. The summed E-state index contributed by atoms with van der Waals surface area (Å²) in [6.07, 6.45) is 5.14. The van der Waals surface area contributed by atoms with Gasteiger partial charge in [0.15, 0.2) is 6.29 Å². The minimum absolute atomic E-state index is 0.133. The molecular formula is C29H28BClN2O5. The minimum Gasteiger partial charge on any atom is -0.488 e. The molecule has 0 saturated carbocycles. The first-order chi connectivity index (χ1) is 18.1. The highest BCUT2D eigenvalue weighted by atomic mass is 35.5. The lowest BCUT2D eigenvalue weighted by Gasteiger charge is -2.32.